The van der Waals surface area contributed by atoms with Gasteiger partial charge in [-0.25, -0.2) is 0 Å². The number of aryl methyl sites for hydroxylation is 1. The fraction of sp³-hybridized carbons (Fsp3) is 0.571. The molecule has 2 amide bonds. The second kappa shape index (κ2) is 9.02. The Balaban J connectivity index is 1.44. The number of rotatable bonds is 5. The van der Waals surface area contributed by atoms with Crippen molar-refractivity contribution in [2.45, 2.75) is 38.5 Å². The van der Waals surface area contributed by atoms with Gasteiger partial charge in [-0.3, -0.25) is 14.4 Å². The van der Waals surface area contributed by atoms with Gasteiger partial charge in [0.25, 0.3) is 0 Å². The highest BCUT2D eigenvalue weighted by Crippen LogP contribution is 2.24. The summed E-state index contributed by atoms with van der Waals surface area (Å²) in [5.74, 6) is -1.13. The number of piperidine rings is 2. The molecule has 2 aliphatic rings. The van der Waals surface area contributed by atoms with Crippen molar-refractivity contribution in [2.75, 3.05) is 26.2 Å². The average Bonchev–Trinajstić information content (AvgIpc) is 2.72. The lowest BCUT2D eigenvalue weighted by Crippen LogP contribution is -2.48. The summed E-state index contributed by atoms with van der Waals surface area (Å²) in [4.78, 5) is 40.0. The molecular weight excluding hydrogens is 344 g/mol. The molecule has 146 valence electrons. The molecular formula is C21H28N2O4. The normalized spacial score (nSPS) is 21.1. The Morgan fingerprint density at radius 1 is 0.926 bits per heavy atom. The van der Waals surface area contributed by atoms with Crippen molar-refractivity contribution in [3.05, 3.63) is 35.9 Å². The van der Waals surface area contributed by atoms with Crippen LogP contribution < -0.4 is 0 Å². The summed E-state index contributed by atoms with van der Waals surface area (Å²) in [5, 5.41) is 9.19. The van der Waals surface area contributed by atoms with Gasteiger partial charge in [0.05, 0.1) is 5.92 Å². The summed E-state index contributed by atoms with van der Waals surface area (Å²) in [6.07, 6.45) is 3.97. The third-order valence-corrected chi connectivity index (χ3v) is 5.75. The molecule has 1 aromatic rings. The largest absolute Gasteiger partial charge is 0.481 e. The van der Waals surface area contributed by atoms with Crippen LogP contribution in [0.2, 0.25) is 0 Å². The van der Waals surface area contributed by atoms with Gasteiger partial charge in [0, 0.05) is 38.5 Å². The van der Waals surface area contributed by atoms with Gasteiger partial charge in [-0.2, -0.15) is 0 Å². The lowest BCUT2D eigenvalue weighted by Gasteiger charge is -2.37. The van der Waals surface area contributed by atoms with Gasteiger partial charge in [-0.15, -0.1) is 0 Å². The first-order valence-corrected chi connectivity index (χ1v) is 9.88. The average molecular weight is 372 g/mol. The number of amides is 2. The summed E-state index contributed by atoms with van der Waals surface area (Å²) in [7, 11) is 0. The molecule has 6 heteroatoms. The van der Waals surface area contributed by atoms with E-state index in [9.17, 15) is 19.5 Å². The Morgan fingerprint density at radius 2 is 1.63 bits per heavy atom. The maximum absolute atomic E-state index is 12.7. The summed E-state index contributed by atoms with van der Waals surface area (Å²) in [6, 6.07) is 9.98. The molecule has 0 bridgehead atoms. The Bertz CT molecular complexity index is 668. The van der Waals surface area contributed by atoms with Crippen LogP contribution in [0.3, 0.4) is 0 Å². The van der Waals surface area contributed by atoms with Crippen LogP contribution in [0.25, 0.3) is 0 Å². The molecule has 0 spiro atoms. The summed E-state index contributed by atoms with van der Waals surface area (Å²) >= 11 is 0. The number of nitrogens with zero attached hydrogens (tertiary/aromatic N) is 2. The monoisotopic (exact) mass is 372 g/mol. The van der Waals surface area contributed by atoms with E-state index >= 15 is 0 Å². The van der Waals surface area contributed by atoms with Crippen LogP contribution in [-0.4, -0.2) is 58.9 Å². The lowest BCUT2D eigenvalue weighted by atomic mass is 9.92. The van der Waals surface area contributed by atoms with Gasteiger partial charge < -0.3 is 14.9 Å². The Hall–Kier alpha value is -2.37. The Kier molecular flexibility index (Phi) is 6.48. The van der Waals surface area contributed by atoms with Crippen molar-refractivity contribution < 1.29 is 19.5 Å². The van der Waals surface area contributed by atoms with Crippen molar-refractivity contribution in [3.8, 4) is 0 Å². The first kappa shape index (κ1) is 19.4. The van der Waals surface area contributed by atoms with E-state index in [1.54, 1.807) is 4.90 Å². The van der Waals surface area contributed by atoms with Crippen LogP contribution >= 0.6 is 0 Å². The molecule has 0 saturated carbocycles. The molecule has 0 unspecified atom stereocenters. The Labute approximate surface area is 160 Å². The van der Waals surface area contributed by atoms with Gasteiger partial charge in [-0.05, 0) is 37.7 Å². The third kappa shape index (κ3) is 5.08. The van der Waals surface area contributed by atoms with E-state index < -0.39 is 11.9 Å². The van der Waals surface area contributed by atoms with Crippen LogP contribution in [0.5, 0.6) is 0 Å². The molecule has 2 heterocycles. The van der Waals surface area contributed by atoms with E-state index in [-0.39, 0.29) is 17.7 Å². The molecule has 1 aromatic carbocycles. The van der Waals surface area contributed by atoms with Gasteiger partial charge in [-0.1, -0.05) is 30.3 Å². The zero-order chi connectivity index (χ0) is 19.2. The number of aliphatic carboxylic acids is 1. The minimum Gasteiger partial charge on any atom is -0.481 e. The first-order chi connectivity index (χ1) is 13.0. The lowest BCUT2D eigenvalue weighted by molar-refractivity contribution is -0.148. The van der Waals surface area contributed by atoms with Gasteiger partial charge >= 0.3 is 5.97 Å². The number of likely N-dealkylation sites (tertiary alicyclic amines) is 2. The molecule has 27 heavy (non-hydrogen) atoms. The molecule has 6 nitrogen and oxygen atoms in total. The fourth-order valence-electron chi connectivity index (χ4n) is 4.07. The summed E-state index contributed by atoms with van der Waals surface area (Å²) in [6.45, 7) is 2.20. The Morgan fingerprint density at radius 3 is 2.30 bits per heavy atom. The number of hydrogen-bond acceptors (Lipinski definition) is 3. The van der Waals surface area contributed by atoms with Gasteiger partial charge in [0.2, 0.25) is 11.8 Å². The van der Waals surface area contributed by atoms with Crippen molar-refractivity contribution in [1.29, 1.82) is 0 Å². The third-order valence-electron chi connectivity index (χ3n) is 5.75. The molecule has 2 aliphatic heterocycles. The van der Waals surface area contributed by atoms with E-state index in [1.807, 2.05) is 35.2 Å². The molecule has 2 saturated heterocycles. The number of carboxylic acid groups (broad SMARTS) is 1. The maximum atomic E-state index is 12.7. The molecule has 1 N–H and O–H groups in total. The minimum atomic E-state index is -0.814. The SMILES string of the molecule is O=C(O)[C@H]1CCCN(C(=O)C2CCN(C(=O)CCc3ccccc3)CC2)C1. The predicted molar refractivity (Wildman–Crippen MR) is 101 cm³/mol. The number of hydrogen-bond donors (Lipinski definition) is 1. The molecule has 2 fully saturated rings. The zero-order valence-corrected chi connectivity index (χ0v) is 15.7. The van der Waals surface area contributed by atoms with E-state index in [0.29, 0.717) is 51.9 Å². The van der Waals surface area contributed by atoms with Crippen LogP contribution in [0, 0.1) is 11.8 Å². The quantitative estimate of drug-likeness (QED) is 0.859. The minimum absolute atomic E-state index is 0.0670. The van der Waals surface area contributed by atoms with Crippen molar-refractivity contribution in [2.24, 2.45) is 11.8 Å². The molecule has 1 atom stereocenters. The summed E-state index contributed by atoms with van der Waals surface area (Å²) < 4.78 is 0. The molecule has 0 aromatic heterocycles. The summed E-state index contributed by atoms with van der Waals surface area (Å²) in [5.41, 5.74) is 1.16. The molecule has 0 aliphatic carbocycles. The van der Waals surface area contributed by atoms with E-state index in [1.165, 1.54) is 0 Å². The molecule has 3 rings (SSSR count). The van der Waals surface area contributed by atoms with Crippen molar-refractivity contribution in [1.82, 2.24) is 9.80 Å². The highest BCUT2D eigenvalue weighted by Gasteiger charge is 2.34. The maximum Gasteiger partial charge on any atom is 0.308 e. The second-order valence-electron chi connectivity index (χ2n) is 7.60. The van der Waals surface area contributed by atoms with Gasteiger partial charge in [0.1, 0.15) is 0 Å². The van der Waals surface area contributed by atoms with Crippen LogP contribution in [-0.2, 0) is 20.8 Å². The first-order valence-electron chi connectivity index (χ1n) is 9.88. The van der Waals surface area contributed by atoms with E-state index in [0.717, 1.165) is 18.4 Å². The van der Waals surface area contributed by atoms with Crippen molar-refractivity contribution >= 4 is 17.8 Å². The second-order valence-corrected chi connectivity index (χ2v) is 7.60. The molecule has 0 radical (unpaired) electrons. The number of carboxylic acids is 1. The van der Waals surface area contributed by atoms with E-state index in [2.05, 4.69) is 0 Å². The van der Waals surface area contributed by atoms with Crippen LogP contribution in [0.1, 0.15) is 37.7 Å². The van der Waals surface area contributed by atoms with E-state index in [4.69, 9.17) is 0 Å². The smallest absolute Gasteiger partial charge is 0.308 e. The highest BCUT2D eigenvalue weighted by atomic mass is 16.4. The van der Waals surface area contributed by atoms with Gasteiger partial charge in [0.15, 0.2) is 0 Å². The number of carbonyl (C=O) groups is 3. The zero-order valence-electron chi connectivity index (χ0n) is 15.7. The fourth-order valence-corrected chi connectivity index (χ4v) is 4.07. The van der Waals surface area contributed by atoms with Crippen LogP contribution in [0.4, 0.5) is 0 Å². The highest BCUT2D eigenvalue weighted by molar-refractivity contribution is 5.81. The van der Waals surface area contributed by atoms with Crippen LogP contribution in [0.15, 0.2) is 30.3 Å². The standard InChI is InChI=1S/C21H28N2O4/c24-19(9-8-16-5-2-1-3-6-16)22-13-10-17(11-14-22)20(25)23-12-4-7-18(15-23)21(26)27/h1-3,5-6,17-18H,4,7-15H2,(H,26,27)/t18-/m0/s1. The van der Waals surface area contributed by atoms with Crippen molar-refractivity contribution in [3.63, 3.8) is 0 Å². The topological polar surface area (TPSA) is 77.9 Å². The number of benzene rings is 1. The number of carbonyl (C=O) groups excluding carboxylic acids is 2. The predicted octanol–water partition coefficient (Wildman–Crippen LogP) is 2.18.